The lowest BCUT2D eigenvalue weighted by molar-refractivity contribution is -0.160. The van der Waals surface area contributed by atoms with E-state index in [4.69, 9.17) is 9.47 Å². The van der Waals surface area contributed by atoms with E-state index in [9.17, 15) is 24.0 Å². The van der Waals surface area contributed by atoms with Gasteiger partial charge in [-0.05, 0) is 52.5 Å². The van der Waals surface area contributed by atoms with Gasteiger partial charge in [0.25, 0.3) is 5.78 Å². The van der Waals surface area contributed by atoms with Crippen molar-refractivity contribution in [2.75, 3.05) is 11.6 Å². The normalized spacial score (nSPS) is 17.1. The summed E-state index contributed by atoms with van der Waals surface area (Å²) in [4.78, 5) is 66.0. The number of carbonyl (C=O) groups excluding carboxylic acids is 5. The molecular formula is C27H39N3O7S. The number of ether oxygens (including phenoxy) is 2. The van der Waals surface area contributed by atoms with Gasteiger partial charge < -0.3 is 25.0 Å². The van der Waals surface area contributed by atoms with Crippen molar-refractivity contribution in [1.29, 1.82) is 0 Å². The lowest BCUT2D eigenvalue weighted by atomic mass is 9.94. The Kier molecular flexibility index (Phi) is 11.2. The second kappa shape index (κ2) is 13.6. The molecule has 0 unspecified atom stereocenters. The van der Waals surface area contributed by atoms with Crippen LogP contribution in [0, 0.1) is 11.8 Å². The van der Waals surface area contributed by atoms with E-state index in [1.807, 2.05) is 6.07 Å². The third kappa shape index (κ3) is 9.34. The van der Waals surface area contributed by atoms with Crippen molar-refractivity contribution in [1.82, 2.24) is 15.5 Å². The molecule has 0 aromatic heterocycles. The van der Waals surface area contributed by atoms with Crippen LogP contribution in [-0.2, 0) is 35.1 Å². The first-order valence-corrected chi connectivity index (χ1v) is 13.8. The summed E-state index contributed by atoms with van der Waals surface area (Å²) in [7, 11) is 0. The fraction of sp³-hybridized carbons (Fsp3) is 0.593. The Hall–Kier alpha value is -3.08. The molecule has 2 rings (SSSR count). The van der Waals surface area contributed by atoms with Gasteiger partial charge in [-0.2, -0.15) is 0 Å². The van der Waals surface area contributed by atoms with Crippen LogP contribution >= 0.6 is 11.8 Å². The first-order valence-electron chi connectivity index (χ1n) is 12.7. The van der Waals surface area contributed by atoms with Crippen molar-refractivity contribution in [3.63, 3.8) is 0 Å². The van der Waals surface area contributed by atoms with Crippen LogP contribution in [0.5, 0.6) is 0 Å². The van der Waals surface area contributed by atoms with Gasteiger partial charge in [0.2, 0.25) is 11.8 Å². The number of Topliss-reactive ketones (excluding diaryl/α,β-unsaturated/α-hetero) is 1. The highest BCUT2D eigenvalue weighted by atomic mass is 32.2. The van der Waals surface area contributed by atoms with Gasteiger partial charge in [0.1, 0.15) is 23.7 Å². The molecule has 2 N–H and O–H groups in total. The smallest absolute Gasteiger partial charge is 0.408 e. The van der Waals surface area contributed by atoms with Crippen LogP contribution in [0.1, 0.15) is 54.0 Å². The van der Waals surface area contributed by atoms with E-state index >= 15 is 0 Å². The zero-order chi connectivity index (χ0) is 28.6. The number of amides is 3. The zero-order valence-corrected chi connectivity index (χ0v) is 23.9. The number of ketones is 1. The fourth-order valence-corrected chi connectivity index (χ4v) is 4.84. The molecule has 10 nitrogen and oxygen atoms in total. The maximum Gasteiger partial charge on any atom is 0.408 e. The Bertz CT molecular complexity index is 1010. The maximum atomic E-state index is 13.5. The highest BCUT2D eigenvalue weighted by Gasteiger charge is 2.40. The molecule has 0 radical (unpaired) electrons. The van der Waals surface area contributed by atoms with Gasteiger partial charge in [-0.15, -0.1) is 11.8 Å². The summed E-state index contributed by atoms with van der Waals surface area (Å²) >= 11 is 1.43. The van der Waals surface area contributed by atoms with Gasteiger partial charge in [-0.1, -0.05) is 44.2 Å². The average Bonchev–Trinajstić information content (AvgIpc) is 3.27. The van der Waals surface area contributed by atoms with Crippen LogP contribution in [0.3, 0.4) is 0 Å². The van der Waals surface area contributed by atoms with E-state index in [-0.39, 0.29) is 24.1 Å². The highest BCUT2D eigenvalue weighted by Crippen LogP contribution is 2.23. The van der Waals surface area contributed by atoms with Crippen molar-refractivity contribution >= 4 is 41.4 Å². The predicted molar refractivity (Wildman–Crippen MR) is 144 cm³/mol. The molecule has 1 fully saturated rings. The Morgan fingerprint density at radius 3 is 2.24 bits per heavy atom. The van der Waals surface area contributed by atoms with Crippen molar-refractivity contribution in [2.45, 2.75) is 78.8 Å². The Morgan fingerprint density at radius 1 is 1.05 bits per heavy atom. The standard InChI is InChI=1S/C27H39N3O7S/c1-16(2)21(29-26(35)37-27(5,6)7)24(33)30-15-38-14-20(30)28-23(32)19(13-18-11-9-8-10-12-18)22(31)25(34)36-17(3)4/h8-12,16-17,19-21H,13-15H2,1-7H3,(H,28,32)(H,29,35)/t19-,20+,21-/m0/s1. The van der Waals surface area contributed by atoms with E-state index < -0.39 is 53.6 Å². The summed E-state index contributed by atoms with van der Waals surface area (Å²) in [6.07, 6.45) is -1.96. The lowest BCUT2D eigenvalue weighted by Crippen LogP contribution is -2.58. The first kappa shape index (κ1) is 31.1. The summed E-state index contributed by atoms with van der Waals surface area (Å²) in [6.45, 7) is 12.0. The maximum absolute atomic E-state index is 13.5. The molecule has 0 saturated carbocycles. The van der Waals surface area contributed by atoms with Gasteiger partial charge in [0.15, 0.2) is 0 Å². The zero-order valence-electron chi connectivity index (χ0n) is 23.1. The van der Waals surface area contributed by atoms with Gasteiger partial charge in [0.05, 0.1) is 12.0 Å². The molecule has 1 aromatic rings. The Balaban J connectivity index is 2.20. The minimum atomic E-state index is -1.33. The summed E-state index contributed by atoms with van der Waals surface area (Å²) in [5.74, 6) is -3.99. The summed E-state index contributed by atoms with van der Waals surface area (Å²) in [5.41, 5.74) is -0.0281. The van der Waals surface area contributed by atoms with Crippen molar-refractivity contribution in [2.24, 2.45) is 11.8 Å². The van der Waals surface area contributed by atoms with E-state index in [1.54, 1.807) is 72.7 Å². The number of nitrogens with zero attached hydrogens (tertiary/aromatic N) is 1. The van der Waals surface area contributed by atoms with Crippen molar-refractivity contribution < 1.29 is 33.4 Å². The van der Waals surface area contributed by atoms with Crippen molar-refractivity contribution in [3.05, 3.63) is 35.9 Å². The topological polar surface area (TPSA) is 131 Å². The molecule has 1 aliphatic rings. The van der Waals surface area contributed by atoms with Crippen LogP contribution in [0.4, 0.5) is 4.79 Å². The number of alkyl carbamates (subject to hydrolysis) is 1. The number of thioether (sulfide) groups is 1. The molecule has 11 heteroatoms. The summed E-state index contributed by atoms with van der Waals surface area (Å²) in [5, 5.41) is 5.42. The van der Waals surface area contributed by atoms with Crippen LogP contribution < -0.4 is 10.6 Å². The highest BCUT2D eigenvalue weighted by molar-refractivity contribution is 7.99. The lowest BCUT2D eigenvalue weighted by Gasteiger charge is -2.32. The van der Waals surface area contributed by atoms with E-state index in [0.29, 0.717) is 11.3 Å². The molecule has 0 spiro atoms. The van der Waals surface area contributed by atoms with E-state index in [2.05, 4.69) is 10.6 Å². The third-order valence-corrected chi connectivity index (χ3v) is 6.55. The third-order valence-electron chi connectivity index (χ3n) is 5.54. The predicted octanol–water partition coefficient (Wildman–Crippen LogP) is 2.89. The van der Waals surface area contributed by atoms with Crippen LogP contribution in [0.25, 0.3) is 0 Å². The summed E-state index contributed by atoms with van der Waals surface area (Å²) < 4.78 is 10.4. The number of rotatable bonds is 10. The van der Waals surface area contributed by atoms with Crippen LogP contribution in [-0.4, -0.2) is 70.1 Å². The average molecular weight is 550 g/mol. The second-order valence-corrected chi connectivity index (χ2v) is 11.8. The fourth-order valence-electron chi connectivity index (χ4n) is 3.74. The largest absolute Gasteiger partial charge is 0.457 e. The van der Waals surface area contributed by atoms with Crippen LogP contribution in [0.2, 0.25) is 0 Å². The molecule has 1 heterocycles. The molecule has 38 heavy (non-hydrogen) atoms. The van der Waals surface area contributed by atoms with E-state index in [0.717, 1.165) is 0 Å². The van der Waals surface area contributed by atoms with Gasteiger partial charge in [-0.25, -0.2) is 9.59 Å². The van der Waals surface area contributed by atoms with Crippen molar-refractivity contribution in [3.8, 4) is 0 Å². The van der Waals surface area contributed by atoms with Gasteiger partial charge in [-0.3, -0.25) is 14.4 Å². The number of carbonyl (C=O) groups is 5. The number of esters is 1. The minimum Gasteiger partial charge on any atom is -0.457 e. The Labute approximate surface area is 228 Å². The molecule has 1 aromatic carbocycles. The molecule has 3 atom stereocenters. The minimum absolute atomic E-state index is 0.00132. The number of hydrogen-bond donors (Lipinski definition) is 2. The number of nitrogens with one attached hydrogen (secondary N) is 2. The molecule has 210 valence electrons. The van der Waals surface area contributed by atoms with E-state index in [1.165, 1.54) is 16.7 Å². The van der Waals surface area contributed by atoms with Crippen LogP contribution in [0.15, 0.2) is 30.3 Å². The SMILES string of the molecule is CC(C)OC(=O)C(=O)[C@H](Cc1ccccc1)C(=O)N[C@H]1CSCN1C(=O)[C@@H](NC(=O)OC(C)(C)C)C(C)C. The van der Waals surface area contributed by atoms with Gasteiger partial charge >= 0.3 is 12.1 Å². The number of hydrogen-bond acceptors (Lipinski definition) is 8. The molecule has 3 amide bonds. The molecular weight excluding hydrogens is 510 g/mol. The molecule has 0 aliphatic carbocycles. The number of benzene rings is 1. The quantitative estimate of drug-likeness (QED) is 0.259. The monoisotopic (exact) mass is 549 g/mol. The molecule has 1 aliphatic heterocycles. The Morgan fingerprint density at radius 2 is 1.68 bits per heavy atom. The molecule has 0 bridgehead atoms. The van der Waals surface area contributed by atoms with Gasteiger partial charge in [0, 0.05) is 5.75 Å². The second-order valence-electron chi connectivity index (χ2n) is 10.8. The molecule has 1 saturated heterocycles. The summed E-state index contributed by atoms with van der Waals surface area (Å²) in [6, 6.07) is 8.00. The first-order chi connectivity index (χ1) is 17.7.